The molecule has 0 aliphatic heterocycles. The normalized spacial score (nSPS) is 13.3. The highest BCUT2D eigenvalue weighted by molar-refractivity contribution is 5.83. The minimum Gasteiger partial charge on any atom is -0.467 e. The summed E-state index contributed by atoms with van der Waals surface area (Å²) in [6.07, 6.45) is -0.162. The van der Waals surface area contributed by atoms with Crippen molar-refractivity contribution in [1.29, 1.82) is 0 Å². The number of methoxy groups -OCH3 is 2. The topological polar surface area (TPSA) is 92.3 Å². The second kappa shape index (κ2) is 12.2. The third kappa shape index (κ3) is 9.31. The van der Waals surface area contributed by atoms with Crippen LogP contribution in [-0.4, -0.2) is 63.9 Å². The molecule has 10 heteroatoms. The summed E-state index contributed by atoms with van der Waals surface area (Å²) in [5.41, 5.74) is -0.580. The second-order valence-corrected chi connectivity index (χ2v) is 7.31. The third-order valence-electron chi connectivity index (χ3n) is 3.62. The van der Waals surface area contributed by atoms with Crippen molar-refractivity contribution in [2.24, 2.45) is 0 Å². The number of alkyl halides is 2. The Balaban J connectivity index is 3.19. The van der Waals surface area contributed by atoms with Crippen LogP contribution < -0.4 is 5.32 Å². The Hall–Kier alpha value is -2.72. The van der Waals surface area contributed by atoms with Crippen LogP contribution in [0.1, 0.15) is 26.3 Å². The zero-order chi connectivity index (χ0) is 23.5. The first-order chi connectivity index (χ1) is 14.5. The molecule has 0 spiro atoms. The number of halogens is 2. The number of carbonyl (C=O) groups is 2. The van der Waals surface area contributed by atoms with Gasteiger partial charge in [0.1, 0.15) is 5.60 Å². The van der Waals surface area contributed by atoms with E-state index < -0.39 is 42.2 Å². The van der Waals surface area contributed by atoms with E-state index in [0.717, 1.165) is 13.2 Å². The molecule has 174 valence electrons. The molecule has 0 fully saturated rings. The first-order valence-electron chi connectivity index (χ1n) is 9.43. The van der Waals surface area contributed by atoms with Crippen LogP contribution in [0.5, 0.6) is 0 Å². The summed E-state index contributed by atoms with van der Waals surface area (Å²) in [5.74, 6) is -6.27. The molecule has 0 heterocycles. The number of esters is 1. The van der Waals surface area contributed by atoms with Crippen LogP contribution in [0.4, 0.5) is 13.6 Å². The maximum absolute atomic E-state index is 15.4. The minimum absolute atomic E-state index is 0.108. The van der Waals surface area contributed by atoms with Crippen LogP contribution >= 0.6 is 0 Å². The second-order valence-electron chi connectivity index (χ2n) is 7.31. The van der Waals surface area contributed by atoms with Gasteiger partial charge in [0.25, 0.3) is 0 Å². The molecule has 0 aliphatic carbocycles. The maximum Gasteiger partial charge on any atom is 0.408 e. The van der Waals surface area contributed by atoms with Gasteiger partial charge in [-0.3, -0.25) is 0 Å². The van der Waals surface area contributed by atoms with Gasteiger partial charge in [0.05, 0.1) is 20.3 Å². The molecular formula is C21H29F2NO7. The van der Waals surface area contributed by atoms with Crippen LogP contribution in [0.3, 0.4) is 0 Å². The van der Waals surface area contributed by atoms with Crippen molar-refractivity contribution in [2.45, 2.75) is 38.3 Å². The van der Waals surface area contributed by atoms with Gasteiger partial charge in [-0.1, -0.05) is 30.3 Å². The molecule has 31 heavy (non-hydrogen) atoms. The SMILES string of the molecule is COCCOCO/C(=C\c1ccccc1)C(F)(F)C(NC(=O)OC(C)(C)C)C(=O)OC. The highest BCUT2D eigenvalue weighted by atomic mass is 19.3. The summed E-state index contributed by atoms with van der Waals surface area (Å²) >= 11 is 0. The van der Waals surface area contributed by atoms with E-state index in [4.69, 9.17) is 18.9 Å². The summed E-state index contributed by atoms with van der Waals surface area (Å²) in [6.45, 7) is 4.48. The van der Waals surface area contributed by atoms with E-state index in [1.54, 1.807) is 51.1 Å². The molecule has 0 saturated heterocycles. The van der Waals surface area contributed by atoms with Crippen molar-refractivity contribution >= 4 is 18.1 Å². The van der Waals surface area contributed by atoms with Crippen LogP contribution in [-0.2, 0) is 28.5 Å². The summed E-state index contributed by atoms with van der Waals surface area (Å²) < 4.78 is 55.3. The van der Waals surface area contributed by atoms with Gasteiger partial charge in [0, 0.05) is 7.11 Å². The van der Waals surface area contributed by atoms with Gasteiger partial charge in [-0.05, 0) is 32.4 Å². The molecule has 0 radical (unpaired) electrons. The molecule has 0 bridgehead atoms. The first-order valence-corrected chi connectivity index (χ1v) is 9.43. The Bertz CT molecular complexity index is 733. The van der Waals surface area contributed by atoms with Crippen molar-refractivity contribution in [3.8, 4) is 0 Å². The summed E-state index contributed by atoms with van der Waals surface area (Å²) in [4.78, 5) is 24.2. The lowest BCUT2D eigenvalue weighted by molar-refractivity contribution is -0.157. The number of rotatable bonds is 11. The summed E-state index contributed by atoms with van der Waals surface area (Å²) in [7, 11) is 2.39. The lowest BCUT2D eigenvalue weighted by Gasteiger charge is -2.29. The minimum atomic E-state index is -4.00. The number of hydrogen-bond acceptors (Lipinski definition) is 7. The molecular weight excluding hydrogens is 416 g/mol. The van der Waals surface area contributed by atoms with Gasteiger partial charge in [-0.25, -0.2) is 9.59 Å². The molecule has 0 saturated carbocycles. The first kappa shape index (κ1) is 26.3. The molecule has 1 amide bonds. The maximum atomic E-state index is 15.4. The lowest BCUT2D eigenvalue weighted by atomic mass is 10.1. The molecule has 0 aromatic heterocycles. The molecule has 1 aromatic rings. The van der Waals surface area contributed by atoms with Gasteiger partial charge in [0.15, 0.2) is 12.6 Å². The number of alkyl carbamates (subject to hydrolysis) is 1. The Kier molecular flexibility index (Phi) is 10.4. The van der Waals surface area contributed by atoms with Crippen molar-refractivity contribution < 1.29 is 42.1 Å². The van der Waals surface area contributed by atoms with E-state index in [1.807, 2.05) is 5.32 Å². The average Bonchev–Trinajstić information content (AvgIpc) is 2.69. The predicted molar refractivity (Wildman–Crippen MR) is 108 cm³/mol. The number of ether oxygens (including phenoxy) is 5. The molecule has 1 aromatic carbocycles. The molecule has 1 rings (SSSR count). The fourth-order valence-electron chi connectivity index (χ4n) is 2.22. The smallest absolute Gasteiger partial charge is 0.408 e. The fraction of sp³-hybridized carbons (Fsp3) is 0.524. The van der Waals surface area contributed by atoms with Crippen molar-refractivity contribution in [3.05, 3.63) is 41.7 Å². The highest BCUT2D eigenvalue weighted by Gasteiger charge is 2.51. The van der Waals surface area contributed by atoms with Gasteiger partial charge in [-0.2, -0.15) is 8.78 Å². The van der Waals surface area contributed by atoms with Crippen molar-refractivity contribution in [2.75, 3.05) is 34.2 Å². The van der Waals surface area contributed by atoms with Crippen LogP contribution in [0.25, 0.3) is 6.08 Å². The van der Waals surface area contributed by atoms with E-state index >= 15 is 8.78 Å². The molecule has 0 aliphatic rings. The van der Waals surface area contributed by atoms with Crippen molar-refractivity contribution in [3.63, 3.8) is 0 Å². The zero-order valence-electron chi connectivity index (χ0n) is 18.3. The van der Waals surface area contributed by atoms with Gasteiger partial charge < -0.3 is 29.0 Å². The van der Waals surface area contributed by atoms with Gasteiger partial charge in [-0.15, -0.1) is 0 Å². The van der Waals surface area contributed by atoms with Gasteiger partial charge in [0.2, 0.25) is 6.04 Å². The van der Waals surface area contributed by atoms with Crippen molar-refractivity contribution in [1.82, 2.24) is 5.32 Å². The molecule has 8 nitrogen and oxygen atoms in total. The number of amides is 1. The van der Waals surface area contributed by atoms with E-state index in [-0.39, 0.29) is 13.2 Å². The number of benzene rings is 1. The van der Waals surface area contributed by atoms with Crippen LogP contribution in [0.15, 0.2) is 36.1 Å². The number of hydrogen-bond donors (Lipinski definition) is 1. The van der Waals surface area contributed by atoms with E-state index in [1.165, 1.54) is 7.11 Å². The van der Waals surface area contributed by atoms with E-state index in [0.29, 0.717) is 5.56 Å². The summed E-state index contributed by atoms with van der Waals surface area (Å²) in [6, 6.07) is 5.74. The standard InChI is InChI=1S/C21H29F2NO7/c1-20(2,3)31-19(26)24-17(18(25)28-5)21(22,23)16(30-14-29-12-11-27-4)13-15-9-7-6-8-10-15/h6-10,13,17H,11-12,14H2,1-5H3,(H,24,26)/b16-13-. The van der Waals surface area contributed by atoms with E-state index in [2.05, 4.69) is 4.74 Å². The monoisotopic (exact) mass is 445 g/mol. The Morgan fingerprint density at radius 3 is 2.29 bits per heavy atom. The number of nitrogens with one attached hydrogen (secondary N) is 1. The average molecular weight is 445 g/mol. The largest absolute Gasteiger partial charge is 0.467 e. The molecule has 1 atom stereocenters. The highest BCUT2D eigenvalue weighted by Crippen LogP contribution is 2.32. The Morgan fingerprint density at radius 1 is 1.10 bits per heavy atom. The van der Waals surface area contributed by atoms with E-state index in [9.17, 15) is 9.59 Å². The fourth-order valence-corrected chi connectivity index (χ4v) is 2.22. The summed E-state index contributed by atoms with van der Waals surface area (Å²) in [5, 5.41) is 1.87. The third-order valence-corrected chi connectivity index (χ3v) is 3.62. The zero-order valence-corrected chi connectivity index (χ0v) is 18.3. The van der Waals surface area contributed by atoms with Gasteiger partial charge >= 0.3 is 18.0 Å². The Labute approximate surface area is 180 Å². The lowest BCUT2D eigenvalue weighted by Crippen LogP contribution is -2.55. The quantitative estimate of drug-likeness (QED) is 0.242. The van der Waals surface area contributed by atoms with Crippen LogP contribution in [0, 0.1) is 0 Å². The molecule has 1 unspecified atom stereocenters. The number of carbonyl (C=O) groups excluding carboxylic acids is 2. The van der Waals surface area contributed by atoms with Crippen LogP contribution in [0.2, 0.25) is 0 Å². The Morgan fingerprint density at radius 2 is 1.74 bits per heavy atom. The predicted octanol–water partition coefficient (Wildman–Crippen LogP) is 3.37. The molecule has 1 N–H and O–H groups in total.